The first-order valence-electron chi connectivity index (χ1n) is 6.79. The van der Waals surface area contributed by atoms with E-state index in [1.54, 1.807) is 18.0 Å². The summed E-state index contributed by atoms with van der Waals surface area (Å²) in [5.41, 5.74) is 2.28. The van der Waals surface area contributed by atoms with Crippen LogP contribution in [0.25, 0.3) is 0 Å². The Balaban J connectivity index is 1.70. The highest BCUT2D eigenvalue weighted by Crippen LogP contribution is 2.38. The molecular formula is C16H15ClN2OS. The van der Waals surface area contributed by atoms with E-state index in [0.717, 1.165) is 17.0 Å². The van der Waals surface area contributed by atoms with Gasteiger partial charge in [-0.2, -0.15) is 0 Å². The molecule has 21 heavy (non-hydrogen) atoms. The molecule has 0 radical (unpaired) electrons. The SMILES string of the molecule is O=C1CSC(c2cccnc2)N1CCc1ccc(Cl)cc1. The molecule has 3 nitrogen and oxygen atoms in total. The fourth-order valence-corrected chi connectivity index (χ4v) is 3.72. The van der Waals surface area contributed by atoms with Crippen molar-refractivity contribution in [3.63, 3.8) is 0 Å². The van der Waals surface area contributed by atoms with Crippen molar-refractivity contribution in [3.05, 3.63) is 64.9 Å². The Morgan fingerprint density at radius 3 is 2.81 bits per heavy atom. The number of carbonyl (C=O) groups is 1. The standard InChI is InChI=1S/C16H15ClN2OS/c17-14-5-3-12(4-6-14)7-9-19-15(20)11-21-16(19)13-2-1-8-18-10-13/h1-6,8,10,16H,7,9,11H2. The average Bonchev–Trinajstić information content (AvgIpc) is 2.89. The number of rotatable bonds is 4. The van der Waals surface area contributed by atoms with E-state index in [9.17, 15) is 4.79 Å². The topological polar surface area (TPSA) is 33.2 Å². The van der Waals surface area contributed by atoms with Crippen molar-refractivity contribution in [2.24, 2.45) is 0 Å². The van der Waals surface area contributed by atoms with Crippen LogP contribution in [0.4, 0.5) is 0 Å². The highest BCUT2D eigenvalue weighted by Gasteiger charge is 2.32. The highest BCUT2D eigenvalue weighted by molar-refractivity contribution is 8.00. The normalized spacial score (nSPS) is 18.2. The van der Waals surface area contributed by atoms with E-state index in [-0.39, 0.29) is 11.3 Å². The Bertz CT molecular complexity index is 618. The van der Waals surface area contributed by atoms with Crippen molar-refractivity contribution in [2.45, 2.75) is 11.8 Å². The van der Waals surface area contributed by atoms with Crippen LogP contribution in [-0.2, 0) is 11.2 Å². The van der Waals surface area contributed by atoms with Crippen LogP contribution < -0.4 is 0 Å². The molecule has 1 amide bonds. The molecule has 1 aromatic carbocycles. The first-order chi connectivity index (χ1) is 10.2. The molecule has 0 spiro atoms. The summed E-state index contributed by atoms with van der Waals surface area (Å²) in [7, 11) is 0. The van der Waals surface area contributed by atoms with Crippen molar-refractivity contribution in [1.29, 1.82) is 0 Å². The van der Waals surface area contributed by atoms with E-state index in [1.165, 1.54) is 5.56 Å². The fraction of sp³-hybridized carbons (Fsp3) is 0.250. The van der Waals surface area contributed by atoms with Gasteiger partial charge < -0.3 is 4.90 Å². The third kappa shape index (κ3) is 3.39. The number of thioether (sulfide) groups is 1. The second-order valence-corrected chi connectivity index (χ2v) is 6.42. The maximum Gasteiger partial charge on any atom is 0.233 e. The maximum absolute atomic E-state index is 12.1. The molecule has 1 atom stereocenters. The molecule has 0 N–H and O–H groups in total. The van der Waals surface area contributed by atoms with Crippen LogP contribution in [0.3, 0.4) is 0 Å². The van der Waals surface area contributed by atoms with Gasteiger partial charge in [0.1, 0.15) is 5.37 Å². The molecule has 0 saturated carbocycles. The van der Waals surface area contributed by atoms with Crippen molar-refractivity contribution >= 4 is 29.3 Å². The number of hydrogen-bond acceptors (Lipinski definition) is 3. The molecule has 3 rings (SSSR count). The molecule has 2 heterocycles. The second kappa shape index (κ2) is 6.50. The summed E-state index contributed by atoms with van der Waals surface area (Å²) in [6.07, 6.45) is 4.43. The lowest BCUT2D eigenvalue weighted by atomic mass is 10.1. The third-order valence-electron chi connectivity index (χ3n) is 3.49. The van der Waals surface area contributed by atoms with Gasteiger partial charge in [0.2, 0.25) is 5.91 Å². The van der Waals surface area contributed by atoms with Crippen molar-refractivity contribution in [3.8, 4) is 0 Å². The molecule has 5 heteroatoms. The quantitative estimate of drug-likeness (QED) is 0.864. The van der Waals surface area contributed by atoms with Gasteiger partial charge in [-0.05, 0) is 30.2 Å². The van der Waals surface area contributed by atoms with Gasteiger partial charge in [-0.15, -0.1) is 11.8 Å². The smallest absolute Gasteiger partial charge is 0.233 e. The predicted molar refractivity (Wildman–Crippen MR) is 86.3 cm³/mol. The number of pyridine rings is 1. The van der Waals surface area contributed by atoms with E-state index >= 15 is 0 Å². The summed E-state index contributed by atoms with van der Waals surface area (Å²) in [6, 6.07) is 11.7. The van der Waals surface area contributed by atoms with Crippen LogP contribution >= 0.6 is 23.4 Å². The van der Waals surface area contributed by atoms with Gasteiger partial charge >= 0.3 is 0 Å². The van der Waals surface area contributed by atoms with E-state index < -0.39 is 0 Å². The van der Waals surface area contributed by atoms with E-state index in [2.05, 4.69) is 4.98 Å². The summed E-state index contributed by atoms with van der Waals surface area (Å²) in [4.78, 5) is 18.2. The molecule has 0 bridgehead atoms. The Morgan fingerprint density at radius 2 is 2.10 bits per heavy atom. The Kier molecular flexibility index (Phi) is 4.46. The van der Waals surface area contributed by atoms with Crippen LogP contribution in [0.15, 0.2) is 48.8 Å². The lowest BCUT2D eigenvalue weighted by molar-refractivity contribution is -0.128. The van der Waals surface area contributed by atoms with Gasteiger partial charge in [-0.1, -0.05) is 29.8 Å². The Labute approximate surface area is 133 Å². The van der Waals surface area contributed by atoms with Gasteiger partial charge in [0.25, 0.3) is 0 Å². The van der Waals surface area contributed by atoms with Crippen LogP contribution in [0, 0.1) is 0 Å². The second-order valence-electron chi connectivity index (χ2n) is 4.91. The number of hydrogen-bond donors (Lipinski definition) is 0. The van der Waals surface area contributed by atoms with Gasteiger partial charge in [0, 0.05) is 29.5 Å². The lowest BCUT2D eigenvalue weighted by Crippen LogP contribution is -2.30. The molecule has 1 aliphatic heterocycles. The minimum absolute atomic E-state index is 0.0819. The number of amides is 1. The first kappa shape index (κ1) is 14.4. The average molecular weight is 319 g/mol. The maximum atomic E-state index is 12.1. The highest BCUT2D eigenvalue weighted by atomic mass is 35.5. The Hall–Kier alpha value is -1.52. The summed E-state index contributed by atoms with van der Waals surface area (Å²) in [6.45, 7) is 0.715. The number of benzene rings is 1. The van der Waals surface area contributed by atoms with Crippen molar-refractivity contribution in [2.75, 3.05) is 12.3 Å². The lowest BCUT2D eigenvalue weighted by Gasteiger charge is -2.24. The molecule has 1 saturated heterocycles. The zero-order valence-corrected chi connectivity index (χ0v) is 13.0. The van der Waals surface area contributed by atoms with E-state index in [4.69, 9.17) is 11.6 Å². The van der Waals surface area contributed by atoms with Crippen LogP contribution in [0.1, 0.15) is 16.5 Å². The monoisotopic (exact) mass is 318 g/mol. The van der Waals surface area contributed by atoms with E-state index in [0.29, 0.717) is 12.3 Å². The molecule has 1 unspecified atom stereocenters. The third-order valence-corrected chi connectivity index (χ3v) is 5.00. The molecule has 1 fully saturated rings. The molecule has 2 aromatic rings. The number of aromatic nitrogens is 1. The molecule has 1 aliphatic rings. The van der Waals surface area contributed by atoms with Crippen LogP contribution in [0.5, 0.6) is 0 Å². The first-order valence-corrected chi connectivity index (χ1v) is 8.22. The number of nitrogens with zero attached hydrogens (tertiary/aromatic N) is 2. The summed E-state index contributed by atoms with van der Waals surface area (Å²) in [5.74, 6) is 0.739. The molecule has 0 aliphatic carbocycles. The minimum Gasteiger partial charge on any atom is -0.325 e. The Morgan fingerprint density at radius 1 is 1.29 bits per heavy atom. The minimum atomic E-state index is 0.0819. The van der Waals surface area contributed by atoms with Crippen LogP contribution in [-0.4, -0.2) is 28.1 Å². The van der Waals surface area contributed by atoms with Crippen molar-refractivity contribution in [1.82, 2.24) is 9.88 Å². The predicted octanol–water partition coefficient (Wildman–Crippen LogP) is 3.55. The number of halogens is 1. The summed E-state index contributed by atoms with van der Waals surface area (Å²) in [5, 5.41) is 0.818. The largest absolute Gasteiger partial charge is 0.325 e. The summed E-state index contributed by atoms with van der Waals surface area (Å²) < 4.78 is 0. The van der Waals surface area contributed by atoms with Gasteiger partial charge in [-0.25, -0.2) is 0 Å². The fourth-order valence-electron chi connectivity index (χ4n) is 2.39. The molecule has 1 aromatic heterocycles. The van der Waals surface area contributed by atoms with Crippen molar-refractivity contribution < 1.29 is 4.79 Å². The molecule has 108 valence electrons. The van der Waals surface area contributed by atoms with Crippen LogP contribution in [0.2, 0.25) is 5.02 Å². The van der Waals surface area contributed by atoms with E-state index in [1.807, 2.05) is 47.5 Å². The van der Waals surface area contributed by atoms with Gasteiger partial charge in [-0.3, -0.25) is 9.78 Å². The summed E-state index contributed by atoms with van der Waals surface area (Å²) >= 11 is 7.56. The molecular weight excluding hydrogens is 304 g/mol. The van der Waals surface area contributed by atoms with Gasteiger partial charge in [0.15, 0.2) is 0 Å². The van der Waals surface area contributed by atoms with Gasteiger partial charge in [0.05, 0.1) is 5.75 Å². The zero-order chi connectivity index (χ0) is 14.7. The zero-order valence-electron chi connectivity index (χ0n) is 11.4. The number of carbonyl (C=O) groups excluding carboxylic acids is 1.